The van der Waals surface area contributed by atoms with Gasteiger partial charge in [-0.15, -0.1) is 0 Å². The SMILES string of the molecule is CC(C)CNC(=O)CN(c1ccccc1)S(=O)(=O)c1ccc(F)cc1. The van der Waals surface area contributed by atoms with Crippen molar-refractivity contribution in [2.75, 3.05) is 17.4 Å². The first-order valence-electron chi connectivity index (χ1n) is 7.91. The number of hydrogen-bond acceptors (Lipinski definition) is 3. The zero-order chi connectivity index (χ0) is 18.4. The summed E-state index contributed by atoms with van der Waals surface area (Å²) in [6.07, 6.45) is 0. The van der Waals surface area contributed by atoms with Gasteiger partial charge in [-0.2, -0.15) is 0 Å². The Kier molecular flexibility index (Phi) is 6.14. The van der Waals surface area contributed by atoms with E-state index in [4.69, 9.17) is 0 Å². The van der Waals surface area contributed by atoms with Crippen LogP contribution in [0.15, 0.2) is 59.5 Å². The van der Waals surface area contributed by atoms with Gasteiger partial charge in [0.05, 0.1) is 10.6 Å². The summed E-state index contributed by atoms with van der Waals surface area (Å²) in [5.41, 5.74) is 0.367. The lowest BCUT2D eigenvalue weighted by Crippen LogP contribution is -2.41. The number of hydrogen-bond donors (Lipinski definition) is 1. The van der Waals surface area contributed by atoms with E-state index in [0.29, 0.717) is 12.2 Å². The molecule has 1 amide bonds. The largest absolute Gasteiger partial charge is 0.354 e. The summed E-state index contributed by atoms with van der Waals surface area (Å²) >= 11 is 0. The summed E-state index contributed by atoms with van der Waals surface area (Å²) in [7, 11) is -4.00. The van der Waals surface area contributed by atoms with Crippen LogP contribution >= 0.6 is 0 Å². The maximum absolute atomic E-state index is 13.1. The Morgan fingerprint density at radius 3 is 2.24 bits per heavy atom. The second-order valence-corrected chi connectivity index (χ2v) is 7.86. The average Bonchev–Trinajstić information content (AvgIpc) is 2.59. The predicted octanol–water partition coefficient (Wildman–Crippen LogP) is 2.79. The molecule has 134 valence electrons. The highest BCUT2D eigenvalue weighted by Gasteiger charge is 2.27. The molecule has 0 atom stereocenters. The van der Waals surface area contributed by atoms with E-state index in [1.807, 2.05) is 13.8 Å². The minimum atomic E-state index is -4.00. The molecule has 5 nitrogen and oxygen atoms in total. The number of nitrogens with one attached hydrogen (secondary N) is 1. The van der Waals surface area contributed by atoms with Gasteiger partial charge in [0.15, 0.2) is 0 Å². The van der Waals surface area contributed by atoms with E-state index in [2.05, 4.69) is 5.32 Å². The van der Waals surface area contributed by atoms with E-state index in [9.17, 15) is 17.6 Å². The summed E-state index contributed by atoms with van der Waals surface area (Å²) in [6, 6.07) is 12.9. The molecule has 1 N–H and O–H groups in total. The molecule has 0 bridgehead atoms. The fraction of sp³-hybridized carbons (Fsp3) is 0.278. The van der Waals surface area contributed by atoms with Crippen molar-refractivity contribution in [3.05, 3.63) is 60.4 Å². The molecule has 0 heterocycles. The first-order chi connectivity index (χ1) is 11.8. The molecule has 0 unspecified atom stereocenters. The van der Waals surface area contributed by atoms with Crippen molar-refractivity contribution in [1.29, 1.82) is 0 Å². The van der Waals surface area contributed by atoms with Crippen LogP contribution in [0.2, 0.25) is 0 Å². The van der Waals surface area contributed by atoms with Crippen molar-refractivity contribution < 1.29 is 17.6 Å². The zero-order valence-corrected chi connectivity index (χ0v) is 15.0. The van der Waals surface area contributed by atoms with Crippen LogP contribution in [-0.4, -0.2) is 27.4 Å². The molecule has 0 aromatic heterocycles. The van der Waals surface area contributed by atoms with Crippen molar-refractivity contribution in [2.24, 2.45) is 5.92 Å². The molecule has 0 aliphatic rings. The molecule has 25 heavy (non-hydrogen) atoms. The van der Waals surface area contributed by atoms with Crippen LogP contribution in [0.3, 0.4) is 0 Å². The summed E-state index contributed by atoms with van der Waals surface area (Å²) < 4.78 is 40.0. The molecule has 2 rings (SSSR count). The summed E-state index contributed by atoms with van der Waals surface area (Å²) in [5.74, 6) is -0.675. The third-order valence-corrected chi connectivity index (χ3v) is 5.23. The van der Waals surface area contributed by atoms with Crippen LogP contribution in [0.4, 0.5) is 10.1 Å². The number of anilines is 1. The molecule has 0 spiro atoms. The third kappa shape index (κ3) is 5.03. The monoisotopic (exact) mass is 364 g/mol. The predicted molar refractivity (Wildman–Crippen MR) is 95.2 cm³/mol. The second-order valence-electron chi connectivity index (χ2n) is 6.00. The topological polar surface area (TPSA) is 66.5 Å². The van der Waals surface area contributed by atoms with Gasteiger partial charge in [0, 0.05) is 6.54 Å². The molecule has 7 heteroatoms. The smallest absolute Gasteiger partial charge is 0.264 e. The first kappa shape index (κ1) is 18.9. The second kappa shape index (κ2) is 8.11. The molecular formula is C18H21FN2O3S. The van der Waals surface area contributed by atoms with Gasteiger partial charge >= 0.3 is 0 Å². The molecule has 0 radical (unpaired) electrons. The van der Waals surface area contributed by atoms with Crippen molar-refractivity contribution >= 4 is 21.6 Å². The lowest BCUT2D eigenvalue weighted by atomic mass is 10.2. The molecule has 0 aliphatic carbocycles. The quantitative estimate of drug-likeness (QED) is 0.822. The van der Waals surface area contributed by atoms with E-state index >= 15 is 0 Å². The van der Waals surface area contributed by atoms with Crippen molar-refractivity contribution in [1.82, 2.24) is 5.32 Å². The number of nitrogens with zero attached hydrogens (tertiary/aromatic N) is 1. The summed E-state index contributed by atoms with van der Waals surface area (Å²) in [6.45, 7) is 4.00. The van der Waals surface area contributed by atoms with E-state index in [1.165, 1.54) is 12.1 Å². The van der Waals surface area contributed by atoms with Gasteiger partial charge in [-0.1, -0.05) is 32.0 Å². The number of amides is 1. The highest BCUT2D eigenvalue weighted by molar-refractivity contribution is 7.92. The Hall–Kier alpha value is -2.41. The fourth-order valence-electron chi connectivity index (χ4n) is 2.15. The summed E-state index contributed by atoms with van der Waals surface area (Å²) in [5, 5.41) is 2.71. The van der Waals surface area contributed by atoms with Crippen molar-refractivity contribution in [3.63, 3.8) is 0 Å². The Labute approximate surface area is 147 Å². The fourth-order valence-corrected chi connectivity index (χ4v) is 3.57. The average molecular weight is 364 g/mol. The van der Waals surface area contributed by atoms with Gasteiger partial charge < -0.3 is 5.32 Å². The number of rotatable bonds is 7. The lowest BCUT2D eigenvalue weighted by molar-refractivity contribution is -0.119. The molecular weight excluding hydrogens is 343 g/mol. The minimum Gasteiger partial charge on any atom is -0.354 e. The number of benzene rings is 2. The van der Waals surface area contributed by atoms with E-state index in [0.717, 1.165) is 16.4 Å². The van der Waals surface area contributed by atoms with Crippen molar-refractivity contribution in [3.8, 4) is 0 Å². The zero-order valence-electron chi connectivity index (χ0n) is 14.1. The maximum Gasteiger partial charge on any atom is 0.264 e. The Morgan fingerprint density at radius 1 is 1.08 bits per heavy atom. The normalized spacial score (nSPS) is 11.4. The van der Waals surface area contributed by atoms with Gasteiger partial charge in [-0.3, -0.25) is 9.10 Å². The Balaban J connectivity index is 2.34. The van der Waals surface area contributed by atoms with Gasteiger partial charge in [0.25, 0.3) is 10.0 Å². The molecule has 0 saturated carbocycles. The molecule has 0 saturated heterocycles. The van der Waals surface area contributed by atoms with E-state index in [1.54, 1.807) is 30.3 Å². The van der Waals surface area contributed by atoms with E-state index in [-0.39, 0.29) is 17.4 Å². The number of carbonyl (C=O) groups is 1. The number of halogens is 1. The van der Waals surface area contributed by atoms with Crippen LogP contribution in [0.25, 0.3) is 0 Å². The van der Waals surface area contributed by atoms with Gasteiger partial charge in [0.2, 0.25) is 5.91 Å². The Morgan fingerprint density at radius 2 is 1.68 bits per heavy atom. The standard InChI is InChI=1S/C18H21FN2O3S/c1-14(2)12-20-18(22)13-21(16-6-4-3-5-7-16)25(23,24)17-10-8-15(19)9-11-17/h3-11,14H,12-13H2,1-2H3,(H,20,22). The van der Waals surface area contributed by atoms with Gasteiger partial charge in [-0.05, 0) is 42.3 Å². The van der Waals surface area contributed by atoms with E-state index < -0.39 is 21.7 Å². The minimum absolute atomic E-state index is 0.0746. The number of sulfonamides is 1. The highest BCUT2D eigenvalue weighted by Crippen LogP contribution is 2.23. The summed E-state index contributed by atoms with van der Waals surface area (Å²) in [4.78, 5) is 12.1. The van der Waals surface area contributed by atoms with Crippen LogP contribution < -0.4 is 9.62 Å². The van der Waals surface area contributed by atoms with Crippen LogP contribution in [0.5, 0.6) is 0 Å². The molecule has 0 aliphatic heterocycles. The first-order valence-corrected chi connectivity index (χ1v) is 9.35. The molecule has 2 aromatic carbocycles. The third-order valence-electron chi connectivity index (χ3n) is 3.44. The highest BCUT2D eigenvalue weighted by atomic mass is 32.2. The van der Waals surface area contributed by atoms with Crippen LogP contribution in [0, 0.1) is 11.7 Å². The maximum atomic E-state index is 13.1. The molecule has 2 aromatic rings. The Bertz CT molecular complexity index is 806. The van der Waals surface area contributed by atoms with Gasteiger partial charge in [-0.25, -0.2) is 12.8 Å². The molecule has 0 fully saturated rings. The van der Waals surface area contributed by atoms with Gasteiger partial charge in [0.1, 0.15) is 12.4 Å². The lowest BCUT2D eigenvalue weighted by Gasteiger charge is -2.24. The van der Waals surface area contributed by atoms with Crippen LogP contribution in [0.1, 0.15) is 13.8 Å². The number of para-hydroxylation sites is 1. The van der Waals surface area contributed by atoms with Crippen LogP contribution in [-0.2, 0) is 14.8 Å². The number of carbonyl (C=O) groups excluding carboxylic acids is 1. The van der Waals surface area contributed by atoms with Crippen molar-refractivity contribution in [2.45, 2.75) is 18.7 Å².